The number of rotatable bonds is 5. The molecule has 1 aliphatic heterocycles. The molecule has 4 nitrogen and oxygen atoms in total. The van der Waals surface area contributed by atoms with Crippen LogP contribution in [0.2, 0.25) is 0 Å². The molecular formula is C18H29FN4. The second-order valence-corrected chi connectivity index (χ2v) is 6.38. The number of aryl methyl sites for hydroxylation is 1. The zero-order chi connectivity index (χ0) is 16.8. The maximum Gasteiger partial charge on any atom is 0.191 e. The lowest BCUT2D eigenvalue weighted by molar-refractivity contribution is 0.341. The van der Waals surface area contributed by atoms with Crippen molar-refractivity contribution in [3.63, 3.8) is 0 Å². The number of nitrogens with zero attached hydrogens (tertiary/aromatic N) is 2. The van der Waals surface area contributed by atoms with Crippen LogP contribution in [-0.2, 0) is 0 Å². The summed E-state index contributed by atoms with van der Waals surface area (Å²) in [7, 11) is 1.77. The van der Waals surface area contributed by atoms with Gasteiger partial charge in [-0.05, 0) is 56.5 Å². The molecular weight excluding hydrogens is 291 g/mol. The topological polar surface area (TPSA) is 39.7 Å². The molecule has 23 heavy (non-hydrogen) atoms. The quantitative estimate of drug-likeness (QED) is 0.647. The molecule has 1 saturated heterocycles. The molecule has 2 N–H and O–H groups in total. The van der Waals surface area contributed by atoms with Crippen LogP contribution >= 0.6 is 0 Å². The number of halogens is 1. The molecule has 0 aliphatic carbocycles. The standard InChI is InChI=1S/C18H29FN4/c1-5-23-9-8-15(12-23)11-21-18(20-4)22-14(3)16-7-6-13(2)17(19)10-16/h6-7,10,14-15H,5,8-9,11-12H2,1-4H3,(H2,20,21,22). The minimum atomic E-state index is -0.162. The van der Waals surface area contributed by atoms with Crippen molar-refractivity contribution in [1.29, 1.82) is 0 Å². The minimum absolute atomic E-state index is 0.00650. The SMILES string of the molecule is CCN1CCC(CNC(=NC)NC(C)c2ccc(C)c(F)c2)C1. The van der Waals surface area contributed by atoms with E-state index in [1.165, 1.54) is 13.0 Å². The molecule has 0 radical (unpaired) electrons. The van der Waals surface area contributed by atoms with Crippen LogP contribution in [0.3, 0.4) is 0 Å². The van der Waals surface area contributed by atoms with Crippen LogP contribution in [0.1, 0.15) is 37.4 Å². The molecule has 2 atom stereocenters. The third kappa shape index (κ3) is 4.93. The van der Waals surface area contributed by atoms with Gasteiger partial charge in [0.05, 0.1) is 6.04 Å². The van der Waals surface area contributed by atoms with E-state index < -0.39 is 0 Å². The van der Waals surface area contributed by atoms with Crippen LogP contribution in [0, 0.1) is 18.7 Å². The first kappa shape index (κ1) is 17.7. The molecule has 1 fully saturated rings. The molecule has 1 aromatic rings. The molecule has 2 rings (SSSR count). The Kier molecular flexibility index (Phi) is 6.39. The highest BCUT2D eigenvalue weighted by molar-refractivity contribution is 5.80. The van der Waals surface area contributed by atoms with Crippen molar-refractivity contribution in [2.75, 3.05) is 33.2 Å². The lowest BCUT2D eigenvalue weighted by Crippen LogP contribution is -2.41. The highest BCUT2D eigenvalue weighted by Gasteiger charge is 2.21. The van der Waals surface area contributed by atoms with Crippen molar-refractivity contribution in [2.45, 2.75) is 33.2 Å². The van der Waals surface area contributed by atoms with E-state index in [0.717, 1.165) is 31.2 Å². The van der Waals surface area contributed by atoms with E-state index in [0.29, 0.717) is 11.5 Å². The Balaban J connectivity index is 1.85. The molecule has 0 saturated carbocycles. The van der Waals surface area contributed by atoms with E-state index in [9.17, 15) is 4.39 Å². The Labute approximate surface area is 139 Å². The number of likely N-dealkylation sites (tertiary alicyclic amines) is 1. The number of benzene rings is 1. The van der Waals surface area contributed by atoms with Gasteiger partial charge in [0.1, 0.15) is 5.82 Å². The van der Waals surface area contributed by atoms with Gasteiger partial charge in [0.15, 0.2) is 5.96 Å². The van der Waals surface area contributed by atoms with E-state index in [4.69, 9.17) is 0 Å². The average molecular weight is 320 g/mol. The van der Waals surface area contributed by atoms with Gasteiger partial charge in [-0.1, -0.05) is 19.1 Å². The van der Waals surface area contributed by atoms with Gasteiger partial charge in [0, 0.05) is 20.1 Å². The van der Waals surface area contributed by atoms with Gasteiger partial charge in [0.2, 0.25) is 0 Å². The summed E-state index contributed by atoms with van der Waals surface area (Å²) >= 11 is 0. The summed E-state index contributed by atoms with van der Waals surface area (Å²) in [5.41, 5.74) is 1.60. The number of hydrogen-bond acceptors (Lipinski definition) is 2. The van der Waals surface area contributed by atoms with Gasteiger partial charge in [-0.15, -0.1) is 0 Å². The van der Waals surface area contributed by atoms with Crippen molar-refractivity contribution < 1.29 is 4.39 Å². The molecule has 1 aliphatic rings. The third-order valence-corrected chi connectivity index (χ3v) is 4.65. The lowest BCUT2D eigenvalue weighted by Gasteiger charge is -2.20. The summed E-state index contributed by atoms with van der Waals surface area (Å²) in [6.07, 6.45) is 1.23. The number of guanidine groups is 1. The zero-order valence-electron chi connectivity index (χ0n) is 14.7. The van der Waals surface area contributed by atoms with Crippen LogP contribution in [0.5, 0.6) is 0 Å². The zero-order valence-corrected chi connectivity index (χ0v) is 14.7. The van der Waals surface area contributed by atoms with Gasteiger partial charge in [0.25, 0.3) is 0 Å². The molecule has 128 valence electrons. The molecule has 1 heterocycles. The summed E-state index contributed by atoms with van der Waals surface area (Å²) in [4.78, 5) is 6.75. The summed E-state index contributed by atoms with van der Waals surface area (Å²) in [6, 6.07) is 5.37. The summed E-state index contributed by atoms with van der Waals surface area (Å²) < 4.78 is 13.7. The lowest BCUT2D eigenvalue weighted by atomic mass is 10.1. The van der Waals surface area contributed by atoms with E-state index >= 15 is 0 Å². The normalized spacial score (nSPS) is 20.6. The predicted molar refractivity (Wildman–Crippen MR) is 94.3 cm³/mol. The van der Waals surface area contributed by atoms with Crippen molar-refractivity contribution in [1.82, 2.24) is 15.5 Å². The maximum absolute atomic E-state index is 13.7. The number of aliphatic imine (C=N–C) groups is 1. The Morgan fingerprint density at radius 3 is 2.87 bits per heavy atom. The summed E-state index contributed by atoms with van der Waals surface area (Å²) in [6.45, 7) is 10.4. The Bertz CT molecular complexity index is 544. The van der Waals surface area contributed by atoms with E-state index in [-0.39, 0.29) is 11.9 Å². The fraction of sp³-hybridized carbons (Fsp3) is 0.611. The first-order chi connectivity index (χ1) is 11.0. The highest BCUT2D eigenvalue weighted by Crippen LogP contribution is 2.17. The fourth-order valence-corrected chi connectivity index (χ4v) is 2.97. The van der Waals surface area contributed by atoms with Gasteiger partial charge in [-0.2, -0.15) is 0 Å². The van der Waals surface area contributed by atoms with E-state index in [1.54, 1.807) is 20.0 Å². The molecule has 1 aromatic carbocycles. The van der Waals surface area contributed by atoms with E-state index in [1.807, 2.05) is 19.1 Å². The smallest absolute Gasteiger partial charge is 0.191 e. The van der Waals surface area contributed by atoms with Gasteiger partial charge in [-0.3, -0.25) is 4.99 Å². The monoisotopic (exact) mass is 320 g/mol. The molecule has 0 spiro atoms. The predicted octanol–water partition coefficient (Wildman–Crippen LogP) is 2.70. The minimum Gasteiger partial charge on any atom is -0.356 e. The van der Waals surface area contributed by atoms with Crippen LogP contribution in [0.15, 0.2) is 23.2 Å². The third-order valence-electron chi connectivity index (χ3n) is 4.65. The first-order valence-corrected chi connectivity index (χ1v) is 8.49. The average Bonchev–Trinajstić information content (AvgIpc) is 3.01. The van der Waals surface area contributed by atoms with Crippen LogP contribution < -0.4 is 10.6 Å². The Morgan fingerprint density at radius 1 is 1.48 bits per heavy atom. The van der Waals surface area contributed by atoms with Gasteiger partial charge < -0.3 is 15.5 Å². The Hall–Kier alpha value is -1.62. The molecule has 0 bridgehead atoms. The van der Waals surface area contributed by atoms with Gasteiger partial charge >= 0.3 is 0 Å². The largest absolute Gasteiger partial charge is 0.356 e. The van der Waals surface area contributed by atoms with Crippen molar-refractivity contribution >= 4 is 5.96 Å². The molecule has 5 heteroatoms. The summed E-state index contributed by atoms with van der Waals surface area (Å²) in [5.74, 6) is 1.28. The fourth-order valence-electron chi connectivity index (χ4n) is 2.97. The second-order valence-electron chi connectivity index (χ2n) is 6.38. The second kappa shape index (κ2) is 8.29. The summed E-state index contributed by atoms with van der Waals surface area (Å²) in [5, 5.41) is 6.74. The van der Waals surface area contributed by atoms with Crippen LogP contribution in [-0.4, -0.2) is 44.1 Å². The molecule has 0 aromatic heterocycles. The molecule has 0 amide bonds. The van der Waals surface area contributed by atoms with Crippen molar-refractivity contribution in [3.05, 3.63) is 35.1 Å². The Morgan fingerprint density at radius 2 is 2.26 bits per heavy atom. The van der Waals surface area contributed by atoms with Gasteiger partial charge in [-0.25, -0.2) is 4.39 Å². The van der Waals surface area contributed by atoms with Crippen molar-refractivity contribution in [2.24, 2.45) is 10.9 Å². The van der Waals surface area contributed by atoms with Crippen LogP contribution in [0.4, 0.5) is 4.39 Å². The van der Waals surface area contributed by atoms with E-state index in [2.05, 4.69) is 27.4 Å². The maximum atomic E-state index is 13.7. The van der Waals surface area contributed by atoms with Crippen LogP contribution in [0.25, 0.3) is 0 Å². The molecule has 2 unspecified atom stereocenters. The highest BCUT2D eigenvalue weighted by atomic mass is 19.1. The number of hydrogen-bond donors (Lipinski definition) is 2. The first-order valence-electron chi connectivity index (χ1n) is 8.49. The number of nitrogens with one attached hydrogen (secondary N) is 2. The van der Waals surface area contributed by atoms with Crippen molar-refractivity contribution in [3.8, 4) is 0 Å².